The molecule has 0 amide bonds. The van der Waals surface area contributed by atoms with Gasteiger partial charge in [-0.15, -0.1) is 0 Å². The average Bonchev–Trinajstić information content (AvgIpc) is 3.89. The first-order valence-electron chi connectivity index (χ1n) is 19.3. The van der Waals surface area contributed by atoms with Crippen LogP contribution in [-0.2, 0) is 5.41 Å². The van der Waals surface area contributed by atoms with Crippen molar-refractivity contribution < 1.29 is 0 Å². The molecule has 0 fully saturated rings. The van der Waals surface area contributed by atoms with Crippen LogP contribution in [0, 0.1) is 0 Å². The van der Waals surface area contributed by atoms with Gasteiger partial charge in [0.1, 0.15) is 0 Å². The van der Waals surface area contributed by atoms with Gasteiger partial charge in [0.25, 0.3) is 0 Å². The molecule has 0 radical (unpaired) electrons. The molecule has 8 aromatic carbocycles. The van der Waals surface area contributed by atoms with E-state index in [4.69, 9.17) is 9.97 Å². The maximum Gasteiger partial charge on any atom is 0.235 e. The summed E-state index contributed by atoms with van der Waals surface area (Å²) in [6.07, 6.45) is 0. The fraction of sp³-hybridized carbons (Fsp3) is 0.0189. The van der Waals surface area contributed by atoms with E-state index in [0.717, 1.165) is 33.5 Å². The molecule has 1 spiro atoms. The number of hydrogen-bond donors (Lipinski definition) is 0. The molecular formula is C53H33N3. The minimum atomic E-state index is -0.451. The number of para-hydroxylation sites is 1. The fourth-order valence-corrected chi connectivity index (χ4v) is 9.74. The Bertz CT molecular complexity index is 3130. The van der Waals surface area contributed by atoms with Crippen LogP contribution in [0.1, 0.15) is 22.3 Å². The Morgan fingerprint density at radius 2 is 0.839 bits per heavy atom. The molecule has 2 heterocycles. The fourth-order valence-electron chi connectivity index (χ4n) is 9.74. The molecule has 3 heteroatoms. The van der Waals surface area contributed by atoms with Gasteiger partial charge in [0.2, 0.25) is 5.95 Å². The molecule has 12 rings (SSSR count). The summed E-state index contributed by atoms with van der Waals surface area (Å²) in [5.41, 5.74) is 18.3. The Morgan fingerprint density at radius 3 is 1.50 bits per heavy atom. The first-order chi connectivity index (χ1) is 27.8. The van der Waals surface area contributed by atoms with Gasteiger partial charge in [0, 0.05) is 27.5 Å². The molecule has 0 saturated heterocycles. The van der Waals surface area contributed by atoms with E-state index >= 15 is 0 Å². The third kappa shape index (κ3) is 4.22. The normalized spacial score (nSPS) is 13.1. The standard InChI is InChI=1S/C53H33N3/c1-3-15-34(16-4-1)35-27-29-37(30-28-35)48-33-47(36-17-5-2-6-18-36)54-52(55-48)56-49-26-14-10-21-40(49)41-31-32-46-50(51(41)56)42-22-9-13-25-45(42)53(46)43-23-11-7-19-38(43)39-20-8-12-24-44(39)53/h1-33H. The molecule has 2 aromatic heterocycles. The second-order valence-electron chi connectivity index (χ2n) is 14.9. The number of nitrogens with zero attached hydrogens (tertiary/aromatic N) is 3. The van der Waals surface area contributed by atoms with Crippen LogP contribution in [0.15, 0.2) is 200 Å². The second-order valence-corrected chi connectivity index (χ2v) is 14.9. The van der Waals surface area contributed by atoms with Crippen LogP contribution in [-0.4, -0.2) is 14.5 Å². The summed E-state index contributed by atoms with van der Waals surface area (Å²) in [7, 11) is 0. The Hall–Kier alpha value is -7.36. The van der Waals surface area contributed by atoms with Gasteiger partial charge in [-0.25, -0.2) is 9.97 Å². The van der Waals surface area contributed by atoms with Crippen molar-refractivity contribution in [1.29, 1.82) is 0 Å². The molecule has 0 atom stereocenters. The lowest BCUT2D eigenvalue weighted by Gasteiger charge is -2.30. The van der Waals surface area contributed by atoms with Crippen molar-refractivity contribution in [2.75, 3.05) is 0 Å². The van der Waals surface area contributed by atoms with E-state index in [2.05, 4.69) is 205 Å². The van der Waals surface area contributed by atoms with Crippen molar-refractivity contribution in [2.45, 2.75) is 5.41 Å². The molecule has 56 heavy (non-hydrogen) atoms. The van der Waals surface area contributed by atoms with Crippen LogP contribution in [0.4, 0.5) is 0 Å². The van der Waals surface area contributed by atoms with E-state index in [-0.39, 0.29) is 0 Å². The average molecular weight is 712 g/mol. The quantitative estimate of drug-likeness (QED) is 0.182. The van der Waals surface area contributed by atoms with Gasteiger partial charge in [0.15, 0.2) is 0 Å². The highest BCUT2D eigenvalue weighted by atomic mass is 15.2. The van der Waals surface area contributed by atoms with Gasteiger partial charge in [-0.1, -0.05) is 188 Å². The zero-order valence-corrected chi connectivity index (χ0v) is 30.4. The van der Waals surface area contributed by atoms with Gasteiger partial charge in [-0.3, -0.25) is 4.57 Å². The van der Waals surface area contributed by atoms with Gasteiger partial charge in [-0.05, 0) is 62.2 Å². The van der Waals surface area contributed by atoms with Crippen molar-refractivity contribution in [3.05, 3.63) is 222 Å². The minimum absolute atomic E-state index is 0.451. The third-order valence-electron chi connectivity index (χ3n) is 12.1. The molecule has 2 aliphatic rings. The van der Waals surface area contributed by atoms with Crippen molar-refractivity contribution >= 4 is 21.8 Å². The molecule has 0 unspecified atom stereocenters. The molecule has 3 nitrogen and oxygen atoms in total. The molecule has 10 aromatic rings. The van der Waals surface area contributed by atoms with Crippen molar-refractivity contribution in [3.63, 3.8) is 0 Å². The van der Waals surface area contributed by atoms with E-state index in [1.165, 1.54) is 66.4 Å². The number of fused-ring (bicyclic) bond motifs is 14. The van der Waals surface area contributed by atoms with Crippen LogP contribution in [0.5, 0.6) is 0 Å². The summed E-state index contributed by atoms with van der Waals surface area (Å²) in [4.78, 5) is 10.9. The number of hydrogen-bond acceptors (Lipinski definition) is 2. The highest BCUT2D eigenvalue weighted by Crippen LogP contribution is 2.64. The van der Waals surface area contributed by atoms with E-state index in [9.17, 15) is 0 Å². The predicted molar refractivity (Wildman–Crippen MR) is 229 cm³/mol. The van der Waals surface area contributed by atoms with E-state index in [1.54, 1.807) is 0 Å². The Morgan fingerprint density at radius 1 is 0.357 bits per heavy atom. The monoisotopic (exact) mass is 711 g/mol. The summed E-state index contributed by atoms with van der Waals surface area (Å²) in [6, 6.07) is 72.3. The predicted octanol–water partition coefficient (Wildman–Crippen LogP) is 12.9. The summed E-state index contributed by atoms with van der Waals surface area (Å²) < 4.78 is 2.33. The molecule has 260 valence electrons. The Kier molecular flexibility index (Phi) is 6.55. The van der Waals surface area contributed by atoms with E-state index in [0.29, 0.717) is 5.95 Å². The highest BCUT2D eigenvalue weighted by molar-refractivity contribution is 6.16. The molecule has 2 aliphatic carbocycles. The summed E-state index contributed by atoms with van der Waals surface area (Å²) in [5.74, 6) is 0.652. The van der Waals surface area contributed by atoms with Gasteiger partial charge < -0.3 is 0 Å². The van der Waals surface area contributed by atoms with Crippen LogP contribution < -0.4 is 0 Å². The maximum atomic E-state index is 5.47. The first kappa shape index (κ1) is 31.0. The third-order valence-corrected chi connectivity index (χ3v) is 12.1. The van der Waals surface area contributed by atoms with Gasteiger partial charge in [0.05, 0.1) is 27.8 Å². The molecule has 0 aliphatic heterocycles. The molecular weight excluding hydrogens is 679 g/mol. The molecule has 0 bridgehead atoms. The summed E-state index contributed by atoms with van der Waals surface area (Å²) >= 11 is 0. The first-order valence-corrected chi connectivity index (χ1v) is 19.3. The lowest BCUT2D eigenvalue weighted by atomic mass is 9.70. The molecule has 0 N–H and O–H groups in total. The summed E-state index contributed by atoms with van der Waals surface area (Å²) in [5, 5.41) is 2.37. The number of rotatable bonds is 4. The lowest BCUT2D eigenvalue weighted by molar-refractivity contribution is 0.794. The Balaban J connectivity index is 1.17. The number of aromatic nitrogens is 3. The Labute approximate surface area is 324 Å². The van der Waals surface area contributed by atoms with Crippen molar-refractivity contribution in [1.82, 2.24) is 14.5 Å². The van der Waals surface area contributed by atoms with Crippen molar-refractivity contribution in [2.24, 2.45) is 0 Å². The van der Waals surface area contributed by atoms with Crippen LogP contribution >= 0.6 is 0 Å². The van der Waals surface area contributed by atoms with Crippen LogP contribution in [0.2, 0.25) is 0 Å². The smallest absolute Gasteiger partial charge is 0.235 e. The van der Waals surface area contributed by atoms with Crippen LogP contribution in [0.3, 0.4) is 0 Å². The molecule has 0 saturated carbocycles. The SMILES string of the molecule is c1ccc(-c2ccc(-c3cc(-c4ccccc4)nc(-n4c5ccccc5c5ccc6c(c54)-c4ccccc4C64c5ccccc5-c5ccccc54)n3)cc2)cc1. The lowest BCUT2D eigenvalue weighted by Crippen LogP contribution is -2.25. The summed E-state index contributed by atoms with van der Waals surface area (Å²) in [6.45, 7) is 0. The van der Waals surface area contributed by atoms with Gasteiger partial charge in [-0.2, -0.15) is 0 Å². The minimum Gasteiger partial charge on any atom is -0.277 e. The van der Waals surface area contributed by atoms with Crippen molar-refractivity contribution in [3.8, 4) is 61.8 Å². The van der Waals surface area contributed by atoms with E-state index < -0.39 is 5.41 Å². The largest absolute Gasteiger partial charge is 0.277 e. The second kappa shape index (κ2) is 11.8. The van der Waals surface area contributed by atoms with E-state index in [1.807, 2.05) is 0 Å². The number of benzene rings is 8. The zero-order chi connectivity index (χ0) is 36.8. The highest BCUT2D eigenvalue weighted by Gasteiger charge is 2.52. The maximum absolute atomic E-state index is 5.47. The zero-order valence-electron chi connectivity index (χ0n) is 30.4. The topological polar surface area (TPSA) is 30.7 Å². The van der Waals surface area contributed by atoms with Gasteiger partial charge >= 0.3 is 0 Å². The van der Waals surface area contributed by atoms with Crippen LogP contribution in [0.25, 0.3) is 83.6 Å².